The largest absolute Gasteiger partial charge is 1.00 e. The van der Waals surface area contributed by atoms with Gasteiger partial charge in [-0.05, 0) is 186 Å². The molecule has 0 bridgehead atoms. The summed E-state index contributed by atoms with van der Waals surface area (Å²) in [6.45, 7) is 0. The Morgan fingerprint density at radius 2 is 0.713 bits per heavy atom. The van der Waals surface area contributed by atoms with Gasteiger partial charge in [-0.1, -0.05) is 83.0 Å². The van der Waals surface area contributed by atoms with Crippen molar-refractivity contribution < 1.29 is 88.3 Å². The molecule has 0 aliphatic rings. The summed E-state index contributed by atoms with van der Waals surface area (Å²) in [4.78, 5) is 55.9. The predicted molar refractivity (Wildman–Crippen MR) is 432 cm³/mol. The summed E-state index contributed by atoms with van der Waals surface area (Å²) in [5, 5.41) is 18.5. The molecule has 15 aromatic rings. The Hall–Kier alpha value is -15.3. The van der Waals surface area contributed by atoms with Crippen LogP contribution in [0.5, 0.6) is 34.5 Å². The van der Waals surface area contributed by atoms with Gasteiger partial charge >= 0.3 is 0 Å². The number of aromatic amines is 3. The van der Waals surface area contributed by atoms with Crippen LogP contribution in [0.4, 0.5) is 22.0 Å². The lowest BCUT2D eigenvalue weighted by Crippen LogP contribution is -3.00. The Morgan fingerprint density at radius 3 is 1.12 bits per heavy atom. The highest BCUT2D eigenvalue weighted by atomic mass is 35.5. The van der Waals surface area contributed by atoms with E-state index in [-0.39, 0.29) is 64.1 Å². The number of nitriles is 2. The van der Waals surface area contributed by atoms with Crippen LogP contribution in [-0.2, 0) is 0 Å². The van der Waals surface area contributed by atoms with Crippen LogP contribution in [-0.4, -0.2) is 66.1 Å². The summed E-state index contributed by atoms with van der Waals surface area (Å²) in [5.41, 5.74) is 6.38. The van der Waals surface area contributed by atoms with Crippen molar-refractivity contribution in [2.24, 2.45) is 0 Å². The maximum absolute atomic E-state index is 13.8. The van der Waals surface area contributed by atoms with E-state index in [2.05, 4.69) is 146 Å². The molecule has 0 spiro atoms. The summed E-state index contributed by atoms with van der Waals surface area (Å²) in [6.07, 6.45) is 27.7. The number of nitrogens with zero attached hydrogens (tertiary/aromatic N) is 14. The number of pyridine rings is 3. The average Bonchev–Trinajstić information content (AvgIpc) is 0.893. The molecule has 122 heavy (non-hydrogen) atoms. The number of aromatic nitrogens is 15. The zero-order valence-corrected chi connectivity index (χ0v) is 68.0. The van der Waals surface area contributed by atoms with Crippen LogP contribution in [0.1, 0.15) is 78.7 Å². The van der Waals surface area contributed by atoms with Crippen LogP contribution in [0.25, 0.3) is 0 Å². The van der Waals surface area contributed by atoms with Gasteiger partial charge in [-0.2, -0.15) is 10.5 Å². The van der Waals surface area contributed by atoms with Gasteiger partial charge < -0.3 is 51.4 Å². The fourth-order valence-corrected chi connectivity index (χ4v) is 9.85. The molecule has 0 aliphatic heterocycles. The highest BCUT2D eigenvalue weighted by Gasteiger charge is 2.09. The molecule has 0 radical (unpaired) electrons. The Morgan fingerprint density at radius 1 is 0.328 bits per heavy atom. The van der Waals surface area contributed by atoms with E-state index in [4.69, 9.17) is 59.5 Å². The second-order valence-corrected chi connectivity index (χ2v) is 24.7. The number of halogens is 11. The Balaban J connectivity index is 0.000000202. The molecule has 0 saturated heterocycles. The van der Waals surface area contributed by atoms with E-state index in [1.165, 1.54) is 104 Å². The van der Waals surface area contributed by atoms with E-state index in [9.17, 15) is 22.0 Å². The monoisotopic (exact) mass is 1760 g/mol. The van der Waals surface area contributed by atoms with Crippen LogP contribution in [0.3, 0.4) is 0 Å². The lowest BCUT2D eigenvalue weighted by molar-refractivity contribution is -0.379. The molecule has 9 heterocycles. The first-order chi connectivity index (χ1) is 58.0. The Labute approximate surface area is 733 Å². The van der Waals surface area contributed by atoms with Gasteiger partial charge in [-0.15, -0.1) is 0 Å². The van der Waals surface area contributed by atoms with Gasteiger partial charge in [0.05, 0.1) is 41.2 Å². The van der Waals surface area contributed by atoms with Gasteiger partial charge in [-0.25, -0.2) is 91.7 Å². The first kappa shape index (κ1) is 93.9. The summed E-state index contributed by atoms with van der Waals surface area (Å²) in [7, 11) is 0. The van der Waals surface area contributed by atoms with Gasteiger partial charge in [0.15, 0.2) is 41.0 Å². The normalized spacial score (nSPS) is 9.27. The van der Waals surface area contributed by atoms with Gasteiger partial charge in [0.1, 0.15) is 80.6 Å². The molecule has 20 nitrogen and oxygen atoms in total. The van der Waals surface area contributed by atoms with E-state index in [1.54, 1.807) is 147 Å². The number of nitrogens with one attached hydrogen (secondary N) is 3. The highest BCUT2D eigenvalue weighted by molar-refractivity contribution is 7.98. The molecule has 598 valence electrons. The number of hydrogen-bond donors (Lipinski definition) is 0. The van der Waals surface area contributed by atoms with Crippen LogP contribution in [0, 0.1) is 123 Å². The van der Waals surface area contributed by atoms with Crippen LogP contribution >= 0.6 is 46.6 Å². The van der Waals surface area contributed by atoms with Crippen molar-refractivity contribution in [2.75, 3.05) is 6.26 Å². The fraction of sp³-hybridized carbons (Fsp3) is 0.0111. The lowest BCUT2D eigenvalue weighted by atomic mass is 10.1. The van der Waals surface area contributed by atoms with Crippen molar-refractivity contribution in [3.63, 3.8) is 0 Å². The van der Waals surface area contributed by atoms with E-state index < -0.39 is 29.1 Å². The molecule has 0 atom stereocenters. The van der Waals surface area contributed by atoms with E-state index in [1.807, 2.05) is 48.7 Å². The summed E-state index contributed by atoms with van der Waals surface area (Å²) in [6, 6.07) is 51.5. The van der Waals surface area contributed by atoms with Crippen LogP contribution in [0.2, 0.25) is 15.7 Å². The van der Waals surface area contributed by atoms with Crippen molar-refractivity contribution in [1.82, 2.24) is 59.8 Å². The van der Waals surface area contributed by atoms with Crippen molar-refractivity contribution in [3.05, 3.63) is 405 Å². The van der Waals surface area contributed by atoms with E-state index >= 15 is 0 Å². The number of ether oxygens (including phenoxy) is 3. The maximum Gasteiger partial charge on any atom is 0.223 e. The second kappa shape index (κ2) is 51.0. The Bertz CT molecular complexity index is 6340. The molecule has 0 amide bonds. The number of benzene rings is 6. The van der Waals surface area contributed by atoms with Crippen molar-refractivity contribution in [1.29, 1.82) is 10.5 Å². The topological polar surface area (TPSA) is 272 Å². The van der Waals surface area contributed by atoms with Gasteiger partial charge in [-0.3, -0.25) is 4.98 Å². The van der Waals surface area contributed by atoms with Crippen molar-refractivity contribution >= 4 is 46.6 Å². The number of thioether (sulfide) groups is 1. The van der Waals surface area contributed by atoms with Gasteiger partial charge in [0.2, 0.25) is 35.0 Å². The third-order valence-corrected chi connectivity index (χ3v) is 15.1. The molecular weight excluding hydrogens is 1710 g/mol. The second-order valence-electron chi connectivity index (χ2n) is 22.9. The minimum absolute atomic E-state index is 0. The lowest BCUT2D eigenvalue weighted by Gasteiger charge is -2.04. The standard InChI is InChI=1S/C18H12FN3OS.C17H9ClFN3O.C17H10FN3O.2C13H5ClFN3.C12H8N2.3ClH/c1-24-18-21-8-6-15(22-18)5-4-13-9-14(19)11-17(10-13)23-16-3-2-7-20-12-16;18-17-21-7-5-14(22-17)4-3-12-8-13(19)10-16(9-12)23-15-2-1-6-20-11-15;18-14-9-13(4-5-17-20-7-2-8-21-17)10-16(11-14)22-15-3-1-6-19-12-15;14-13-8-17-7-12(18-13)2-1-9-3-10(6-16)5-11(15)4-9;14-13-17-4-3-12(18-13)2-1-9-5-10(8-16)7-11(15)6-9;1-2-4-11(5-3-1)6-7-12-8-13-10-14-9-12;;;/h2-3,6-12H,1H3;1-2,5-11H;1-3,6-12H;3-5,7-8H;3-7H;1-5,8-10H;3*1H. The molecule has 0 unspecified atom stereocenters. The first-order valence-corrected chi connectivity index (χ1v) is 36.6. The molecule has 15 rings (SSSR count). The Kier molecular flexibility index (Phi) is 39.3. The number of hydrogen-bond acceptors (Lipinski definition) is 18. The maximum atomic E-state index is 13.8. The smallest absolute Gasteiger partial charge is 0.223 e. The van der Waals surface area contributed by atoms with Gasteiger partial charge in [0.25, 0.3) is 0 Å². The number of H-pyrrole nitrogens is 3. The fourth-order valence-electron chi connectivity index (χ4n) is 9.05. The SMILES string of the molecule is C(#Cc1cncnc1)c1ccccc1.CSc1nccc(C#Cc2cc(F)cc(Oc3ccc[nH+]c3)c2)n1.Fc1cc(C#Cc2ccnc(Cl)n2)cc(Oc2ccc[nH+]c2)c1.Fc1cc(C#Cc2ncccn2)cc(Oc2ccc[nH+]c2)c1.N#Cc1cc(F)cc(C#Cc2ccnc(Cl)n2)c1.N#Cc1cc(F)cc(C#Cc2cncc(Cl)n2)c1.[Cl-].[Cl-].[Cl-]. The summed E-state index contributed by atoms with van der Waals surface area (Å²) < 4.78 is 84.2. The molecule has 0 saturated carbocycles. The quantitative estimate of drug-likeness (QED) is 0.0659. The molecule has 3 N–H and O–H groups in total. The van der Waals surface area contributed by atoms with Crippen LogP contribution < -0.4 is 66.4 Å². The molecule has 0 fully saturated rings. The molecular formula is C90H52Cl6F5N17O3S. The molecule has 32 heteroatoms. The highest BCUT2D eigenvalue weighted by Crippen LogP contribution is 2.26. The number of rotatable bonds is 7. The first-order valence-electron chi connectivity index (χ1n) is 34.3. The van der Waals surface area contributed by atoms with Crippen LogP contribution in [0.15, 0.2) is 286 Å². The van der Waals surface area contributed by atoms with Gasteiger partial charge in [0, 0.05) is 113 Å². The molecule has 0 aliphatic carbocycles. The predicted octanol–water partition coefficient (Wildman–Crippen LogP) is 7.21. The zero-order chi connectivity index (χ0) is 83.6. The minimum atomic E-state index is -0.504. The summed E-state index contributed by atoms with van der Waals surface area (Å²) >= 11 is 18.4. The van der Waals surface area contributed by atoms with Crippen molar-refractivity contribution in [2.45, 2.75) is 5.16 Å². The summed E-state index contributed by atoms with van der Waals surface area (Å²) in [5.74, 6) is 34.9. The molecule has 9 aromatic heterocycles. The average molecular weight is 1760 g/mol. The van der Waals surface area contributed by atoms with Crippen molar-refractivity contribution in [3.8, 4) is 118 Å². The van der Waals surface area contributed by atoms with E-state index in [0.717, 1.165) is 23.3 Å². The van der Waals surface area contributed by atoms with E-state index in [0.29, 0.717) is 96.1 Å². The minimum Gasteiger partial charge on any atom is -1.00 e. The third-order valence-electron chi connectivity index (χ3n) is 14.0. The third kappa shape index (κ3) is 34.5. The zero-order valence-electron chi connectivity index (χ0n) is 62.6. The molecule has 6 aromatic carbocycles.